The number of hydrogen-bond acceptors (Lipinski definition) is 2. The van der Waals surface area contributed by atoms with Gasteiger partial charge in [-0.25, -0.2) is 0 Å². The lowest BCUT2D eigenvalue weighted by atomic mass is 9.90. The van der Waals surface area contributed by atoms with Crippen molar-refractivity contribution < 1.29 is 14.5 Å². The van der Waals surface area contributed by atoms with Crippen molar-refractivity contribution >= 4 is 27.5 Å². The lowest BCUT2D eigenvalue weighted by Crippen LogP contribution is -2.51. The molecule has 0 amide bonds. The summed E-state index contributed by atoms with van der Waals surface area (Å²) in [6.07, 6.45) is 1.17. The van der Waals surface area contributed by atoms with E-state index in [4.69, 9.17) is 5.11 Å². The second-order valence-electron chi connectivity index (χ2n) is 8.73. The molecule has 33 heavy (non-hydrogen) atoms. The monoisotopic (exact) mass is 440 g/mol. The number of aromatic nitrogens is 1. The van der Waals surface area contributed by atoms with Crippen LogP contribution in [0.1, 0.15) is 52.7 Å². The van der Waals surface area contributed by atoms with Gasteiger partial charge in [0.1, 0.15) is 0 Å². The zero-order valence-corrected chi connectivity index (χ0v) is 20.7. The number of carbonyl (C=O) groups is 1. The van der Waals surface area contributed by atoms with Crippen LogP contribution >= 0.6 is 0 Å². The number of carbonyl (C=O) groups excluding carboxylic acids is 1. The number of para-hydroxylation sites is 1. The van der Waals surface area contributed by atoms with Crippen LogP contribution in [-0.2, 0) is 10.3 Å². The van der Waals surface area contributed by atoms with Gasteiger partial charge in [-0.05, 0) is 43.2 Å². The smallest absolute Gasteiger partial charge is 0.215 e. The Labute approximate surface area is 197 Å². The number of aryl methyl sites for hydroxylation is 1. The highest BCUT2D eigenvalue weighted by molar-refractivity contribution is 5.99. The first-order valence-corrected chi connectivity index (χ1v) is 11.6. The average molecular weight is 441 g/mol. The molecule has 2 heterocycles. The molecule has 0 bridgehead atoms. The van der Waals surface area contributed by atoms with Crippen LogP contribution in [0.4, 0.5) is 0 Å². The van der Waals surface area contributed by atoms with Crippen molar-refractivity contribution in [2.75, 3.05) is 0 Å². The Kier molecular flexibility index (Phi) is 7.02. The second kappa shape index (κ2) is 9.58. The van der Waals surface area contributed by atoms with E-state index in [1.807, 2.05) is 13.8 Å². The van der Waals surface area contributed by atoms with Gasteiger partial charge in [-0.15, -0.1) is 0 Å². The normalized spacial score (nSPS) is 13.4. The molecule has 0 spiro atoms. The third-order valence-corrected chi connectivity index (χ3v) is 5.98. The van der Waals surface area contributed by atoms with Crippen molar-refractivity contribution in [1.29, 1.82) is 0 Å². The maximum atomic E-state index is 10.0. The molecular weight excluding hydrogens is 406 g/mol. The summed E-state index contributed by atoms with van der Waals surface area (Å²) in [6.45, 7) is 13.7. The van der Waals surface area contributed by atoms with Gasteiger partial charge in [0.25, 0.3) is 0 Å². The zero-order valence-electron chi connectivity index (χ0n) is 20.7. The topological polar surface area (TPSA) is 41.2 Å². The van der Waals surface area contributed by atoms with E-state index in [0.717, 1.165) is 0 Å². The number of hydrogen-bond donors (Lipinski definition) is 1. The third kappa shape index (κ3) is 4.41. The first-order chi connectivity index (χ1) is 15.7. The summed E-state index contributed by atoms with van der Waals surface area (Å²) >= 11 is 0. The van der Waals surface area contributed by atoms with Crippen LogP contribution in [0.3, 0.4) is 0 Å². The Morgan fingerprint density at radius 3 is 2.12 bits per heavy atom. The molecule has 0 saturated carbocycles. The zero-order chi connectivity index (χ0) is 24.3. The van der Waals surface area contributed by atoms with E-state index in [2.05, 4.69) is 92.1 Å². The predicted octanol–water partition coefficient (Wildman–Crippen LogP) is 7.42. The highest BCUT2D eigenvalue weighted by atomic mass is 16.3. The molecule has 3 heteroatoms. The number of fused-ring (bicyclic) bond motifs is 7. The fraction of sp³-hybridized carbons (Fsp3) is 0.267. The van der Waals surface area contributed by atoms with E-state index in [0.29, 0.717) is 0 Å². The molecule has 0 fully saturated rings. The molecule has 0 aliphatic carbocycles. The van der Waals surface area contributed by atoms with Crippen molar-refractivity contribution in [2.45, 2.75) is 54.0 Å². The minimum Gasteiger partial charge on any atom is -0.512 e. The Morgan fingerprint density at radius 1 is 0.909 bits per heavy atom. The molecule has 0 unspecified atom stereocenters. The molecule has 3 nitrogen and oxygen atoms in total. The summed E-state index contributed by atoms with van der Waals surface area (Å²) in [5.74, 6) is -0.0625. The molecule has 0 atom stereocenters. The fourth-order valence-corrected chi connectivity index (χ4v) is 4.74. The van der Waals surface area contributed by atoms with E-state index in [1.54, 1.807) is 0 Å². The Morgan fingerprint density at radius 2 is 1.52 bits per heavy atom. The van der Waals surface area contributed by atoms with Crippen LogP contribution in [0, 0.1) is 6.92 Å². The summed E-state index contributed by atoms with van der Waals surface area (Å²) in [7, 11) is 0. The second-order valence-corrected chi connectivity index (χ2v) is 8.73. The third-order valence-electron chi connectivity index (χ3n) is 5.98. The molecule has 170 valence electrons. The van der Waals surface area contributed by atoms with Gasteiger partial charge in [-0.2, -0.15) is 4.57 Å². The number of benzene rings is 3. The van der Waals surface area contributed by atoms with Gasteiger partial charge < -0.3 is 5.11 Å². The largest absolute Gasteiger partial charge is 0.512 e. The van der Waals surface area contributed by atoms with Crippen LogP contribution in [0.25, 0.3) is 32.9 Å². The van der Waals surface area contributed by atoms with Gasteiger partial charge in [-0.1, -0.05) is 62.4 Å². The molecule has 5 rings (SSSR count). The van der Waals surface area contributed by atoms with Crippen molar-refractivity contribution in [2.24, 2.45) is 0 Å². The van der Waals surface area contributed by atoms with E-state index < -0.39 is 0 Å². The first-order valence-electron chi connectivity index (χ1n) is 11.6. The van der Waals surface area contributed by atoms with Crippen LogP contribution in [0.15, 0.2) is 78.6 Å². The number of ketones is 1. The summed E-state index contributed by atoms with van der Waals surface area (Å²) in [6, 6.07) is 24.4. The van der Waals surface area contributed by atoms with Crippen LogP contribution in [-0.4, -0.2) is 10.9 Å². The molecule has 0 saturated heterocycles. The van der Waals surface area contributed by atoms with E-state index in [1.165, 1.54) is 64.0 Å². The molecule has 0 radical (unpaired) electrons. The Balaban J connectivity index is 0.000000295. The lowest BCUT2D eigenvalue weighted by molar-refractivity contribution is -0.707. The Hall–Kier alpha value is -3.46. The van der Waals surface area contributed by atoms with E-state index in [-0.39, 0.29) is 17.1 Å². The number of nitrogens with zero attached hydrogens (tertiary/aromatic N) is 1. The number of rotatable bonds is 1. The summed E-state index contributed by atoms with van der Waals surface area (Å²) in [5, 5.41) is 12.4. The van der Waals surface area contributed by atoms with Crippen molar-refractivity contribution in [3.8, 4) is 11.3 Å². The van der Waals surface area contributed by atoms with Gasteiger partial charge >= 0.3 is 0 Å². The standard InChI is InChI=1S/C23H20N.C5H8O2.C2H6/c1-15-14-21-22-18-10-5-4-8-16(18)12-13-19(22)23(2,3)24(21)20-11-7-6-9-17(15)20;1-4(6)3-5(2)7;1-2/h4-14H,1-3H3;3,6H,1-2H3;1-2H3/q+1;;/b;4-3-;. The van der Waals surface area contributed by atoms with Crippen molar-refractivity contribution in [3.05, 3.63) is 89.7 Å². The van der Waals surface area contributed by atoms with Crippen LogP contribution in [0.2, 0.25) is 0 Å². The lowest BCUT2D eigenvalue weighted by Gasteiger charge is -2.17. The molecular formula is C30H34NO2+. The fourth-order valence-electron chi connectivity index (χ4n) is 4.74. The molecule has 3 aromatic carbocycles. The van der Waals surface area contributed by atoms with E-state index in [9.17, 15) is 4.79 Å². The molecule has 1 N–H and O–H groups in total. The number of allylic oxidation sites excluding steroid dienone is 2. The quantitative estimate of drug-likeness (QED) is 0.190. The van der Waals surface area contributed by atoms with Crippen LogP contribution in [0.5, 0.6) is 0 Å². The summed E-state index contributed by atoms with van der Waals surface area (Å²) < 4.78 is 2.52. The maximum absolute atomic E-state index is 10.0. The van der Waals surface area contributed by atoms with Gasteiger partial charge in [0, 0.05) is 43.0 Å². The molecule has 1 aliphatic rings. The molecule has 4 aromatic rings. The maximum Gasteiger partial charge on any atom is 0.215 e. The number of pyridine rings is 1. The highest BCUT2D eigenvalue weighted by Gasteiger charge is 2.45. The van der Waals surface area contributed by atoms with Gasteiger partial charge in [0.2, 0.25) is 11.2 Å². The minimum atomic E-state index is -0.125. The Bertz CT molecular complexity index is 1360. The highest BCUT2D eigenvalue weighted by Crippen LogP contribution is 2.43. The van der Waals surface area contributed by atoms with Gasteiger partial charge in [0.05, 0.1) is 11.3 Å². The number of aliphatic hydroxyl groups excluding tert-OH is 1. The predicted molar refractivity (Wildman–Crippen MR) is 139 cm³/mol. The minimum absolute atomic E-state index is 0.0536. The molecule has 1 aromatic heterocycles. The van der Waals surface area contributed by atoms with E-state index >= 15 is 0 Å². The summed E-state index contributed by atoms with van der Waals surface area (Å²) in [5.41, 5.74) is 6.75. The average Bonchev–Trinajstić information content (AvgIpc) is 3.02. The summed E-state index contributed by atoms with van der Waals surface area (Å²) in [4.78, 5) is 10.0. The first kappa shape index (κ1) is 24.2. The van der Waals surface area contributed by atoms with Gasteiger partial charge in [-0.3, -0.25) is 4.79 Å². The van der Waals surface area contributed by atoms with Crippen LogP contribution < -0.4 is 4.57 Å². The number of aliphatic hydroxyl groups is 1. The van der Waals surface area contributed by atoms with Crippen molar-refractivity contribution in [3.63, 3.8) is 0 Å². The van der Waals surface area contributed by atoms with Crippen molar-refractivity contribution in [1.82, 2.24) is 0 Å². The molecule has 1 aliphatic heterocycles. The SMILES string of the molecule is CC.CC(=O)/C=C(/C)O.Cc1cc2[n+](c3ccccc13)C(C)(C)c1ccc3ccccc3c1-2. The van der Waals surface area contributed by atoms with Gasteiger partial charge in [0.15, 0.2) is 11.3 Å².